The molecule has 0 saturated heterocycles. The summed E-state index contributed by atoms with van der Waals surface area (Å²) in [7, 11) is 17.3. The van der Waals surface area contributed by atoms with Crippen molar-refractivity contribution in [1.82, 2.24) is 0 Å². The smallest absolute Gasteiger partial charge is 0.395 e. The number of nitrogens with two attached hydrogens (primary N) is 1. The second-order valence-electron chi connectivity index (χ2n) is 4.48. The Hall–Kier alpha value is -1.17. The van der Waals surface area contributed by atoms with Gasteiger partial charge in [0.1, 0.15) is 0 Å². The highest BCUT2D eigenvalue weighted by Gasteiger charge is 2.44. The molecule has 1 heterocycles. The molecule has 0 amide bonds. The van der Waals surface area contributed by atoms with Crippen molar-refractivity contribution in [3.05, 3.63) is 23.8 Å². The summed E-state index contributed by atoms with van der Waals surface area (Å²) in [6.45, 7) is 1.42. The molecule has 8 heteroatoms. The average Bonchev–Trinajstić information content (AvgIpc) is 2.48. The van der Waals surface area contributed by atoms with E-state index in [2.05, 4.69) is 9.47 Å². The van der Waals surface area contributed by atoms with Crippen molar-refractivity contribution >= 4 is 23.5 Å². The summed E-state index contributed by atoms with van der Waals surface area (Å²) < 4.78 is 34.2. The van der Waals surface area contributed by atoms with Gasteiger partial charge in [-0.25, -0.2) is 0 Å². The molecule has 2 N–H and O–H groups in total. The number of hydrogen-bond acceptors (Lipinski definition) is 3. The largest absolute Gasteiger partial charge is 0.586 e. The minimum absolute atomic E-state index is 0.102. The zero-order chi connectivity index (χ0) is 13.8. The predicted octanol–water partition coefficient (Wildman–Crippen LogP) is 0.341. The third-order valence-corrected chi connectivity index (χ3v) is 2.77. The molecular formula is C10H8B3F2NO2. The first kappa shape index (κ1) is 13.3. The van der Waals surface area contributed by atoms with Crippen LogP contribution >= 0.6 is 0 Å². The lowest BCUT2D eigenvalue weighted by Gasteiger charge is -2.41. The van der Waals surface area contributed by atoms with Crippen molar-refractivity contribution in [3.8, 4) is 11.5 Å². The highest BCUT2D eigenvalue weighted by atomic mass is 19.3. The molecule has 0 saturated carbocycles. The van der Waals surface area contributed by atoms with Crippen molar-refractivity contribution in [2.75, 3.05) is 0 Å². The van der Waals surface area contributed by atoms with Gasteiger partial charge in [0.15, 0.2) is 11.5 Å². The predicted molar refractivity (Wildman–Crippen MR) is 64.2 cm³/mol. The van der Waals surface area contributed by atoms with Gasteiger partial charge in [-0.05, 0) is 17.6 Å². The van der Waals surface area contributed by atoms with Crippen LogP contribution in [0.2, 0.25) is 0 Å². The Kier molecular flexibility index (Phi) is 2.70. The lowest BCUT2D eigenvalue weighted by molar-refractivity contribution is -0.286. The molecule has 6 radical (unpaired) electrons. The summed E-state index contributed by atoms with van der Waals surface area (Å²) in [5.41, 5.74) is 4.47. The summed E-state index contributed by atoms with van der Waals surface area (Å²) in [4.78, 5) is 0. The minimum atomic E-state index is -3.69. The first-order valence-corrected chi connectivity index (χ1v) is 5.09. The van der Waals surface area contributed by atoms with Crippen LogP contribution in [0.1, 0.15) is 12.5 Å². The van der Waals surface area contributed by atoms with Gasteiger partial charge in [-0.3, -0.25) is 0 Å². The van der Waals surface area contributed by atoms with Gasteiger partial charge in [0.05, 0.1) is 23.5 Å². The highest BCUT2D eigenvalue weighted by molar-refractivity contribution is 6.45. The Morgan fingerprint density at radius 2 is 1.72 bits per heavy atom. The van der Waals surface area contributed by atoms with Crippen molar-refractivity contribution < 1.29 is 18.3 Å². The molecule has 88 valence electrons. The zero-order valence-electron chi connectivity index (χ0n) is 9.61. The van der Waals surface area contributed by atoms with Crippen molar-refractivity contribution in [1.29, 1.82) is 0 Å². The van der Waals surface area contributed by atoms with E-state index in [1.165, 1.54) is 25.1 Å². The fourth-order valence-corrected chi connectivity index (χ4v) is 1.52. The Labute approximate surface area is 107 Å². The van der Waals surface area contributed by atoms with Gasteiger partial charge in [0, 0.05) is 0 Å². The molecule has 0 aromatic heterocycles. The molecular weight excluding hydrogens is 237 g/mol. The molecule has 0 spiro atoms. The van der Waals surface area contributed by atoms with Gasteiger partial charge in [-0.15, -0.1) is 8.78 Å². The number of ether oxygens (including phenoxy) is 2. The summed E-state index contributed by atoms with van der Waals surface area (Å²) in [5.74, 6) is -0.266. The second-order valence-corrected chi connectivity index (χ2v) is 4.48. The van der Waals surface area contributed by atoms with E-state index in [-0.39, 0.29) is 17.1 Å². The van der Waals surface area contributed by atoms with E-state index in [9.17, 15) is 8.78 Å². The molecule has 0 bridgehead atoms. The lowest BCUT2D eigenvalue weighted by atomic mass is 9.38. The van der Waals surface area contributed by atoms with Gasteiger partial charge < -0.3 is 15.2 Å². The van der Waals surface area contributed by atoms with E-state index in [1.807, 2.05) is 0 Å². The third-order valence-electron chi connectivity index (χ3n) is 2.77. The molecule has 2 rings (SSSR count). The minimum Gasteiger partial charge on any atom is -0.395 e. The topological polar surface area (TPSA) is 44.5 Å². The number of hydrogen-bond donors (Lipinski definition) is 1. The van der Waals surface area contributed by atoms with Crippen molar-refractivity contribution in [2.45, 2.75) is 23.9 Å². The van der Waals surface area contributed by atoms with Gasteiger partial charge in [0.2, 0.25) is 0 Å². The van der Waals surface area contributed by atoms with Gasteiger partial charge in [-0.1, -0.05) is 23.8 Å². The maximum Gasteiger partial charge on any atom is 0.586 e. The van der Waals surface area contributed by atoms with E-state index in [0.717, 1.165) is 0 Å². The van der Waals surface area contributed by atoms with Crippen LogP contribution < -0.4 is 15.2 Å². The molecule has 1 aromatic rings. The zero-order valence-corrected chi connectivity index (χ0v) is 9.61. The highest BCUT2D eigenvalue weighted by Crippen LogP contribution is 2.43. The standard InChI is InChI=1S/C10H8B3F2NO2/c1-8(11,16)9(12,13)5-2-3-6-7(4-5)18-10(14,15)17-6/h2-4H,16H2,1H3. The molecule has 0 fully saturated rings. The van der Waals surface area contributed by atoms with Crippen LogP contribution in [-0.4, -0.2) is 35.3 Å². The molecule has 1 unspecified atom stereocenters. The molecule has 1 aliphatic heterocycles. The molecule has 1 aliphatic rings. The average molecular weight is 245 g/mol. The van der Waals surface area contributed by atoms with Crippen LogP contribution in [0.5, 0.6) is 11.5 Å². The Morgan fingerprint density at radius 1 is 1.17 bits per heavy atom. The molecule has 18 heavy (non-hydrogen) atoms. The molecule has 1 aromatic carbocycles. The number of alkyl halides is 2. The van der Waals surface area contributed by atoms with Crippen LogP contribution in [0.25, 0.3) is 0 Å². The Morgan fingerprint density at radius 3 is 2.28 bits per heavy atom. The van der Waals surface area contributed by atoms with Gasteiger partial charge in [0.25, 0.3) is 0 Å². The maximum atomic E-state index is 12.8. The molecule has 1 atom stereocenters. The third kappa shape index (κ3) is 2.09. The van der Waals surface area contributed by atoms with Crippen LogP contribution in [0.15, 0.2) is 18.2 Å². The number of benzene rings is 1. The van der Waals surface area contributed by atoms with Crippen LogP contribution in [-0.2, 0) is 5.21 Å². The number of rotatable bonds is 2. The van der Waals surface area contributed by atoms with Gasteiger partial charge >= 0.3 is 6.29 Å². The Balaban J connectivity index is 2.41. The number of halogens is 2. The molecule has 0 aliphatic carbocycles. The van der Waals surface area contributed by atoms with Gasteiger partial charge in [-0.2, -0.15) is 0 Å². The SMILES string of the molecule is [B]C(C)(N)C([B])([B])c1ccc2c(c1)OC(F)(F)O2. The fourth-order valence-electron chi connectivity index (χ4n) is 1.52. The maximum absolute atomic E-state index is 12.8. The van der Waals surface area contributed by atoms with E-state index in [1.54, 1.807) is 0 Å². The second kappa shape index (κ2) is 3.67. The quantitative estimate of drug-likeness (QED) is 0.763. The monoisotopic (exact) mass is 245 g/mol. The number of fused-ring (bicyclic) bond motifs is 1. The lowest BCUT2D eigenvalue weighted by Crippen LogP contribution is -2.57. The van der Waals surface area contributed by atoms with E-state index in [4.69, 9.17) is 29.3 Å². The molecule has 3 nitrogen and oxygen atoms in total. The summed E-state index contributed by atoms with van der Waals surface area (Å²) in [6, 6.07) is 3.90. The van der Waals surface area contributed by atoms with E-state index in [0.29, 0.717) is 0 Å². The van der Waals surface area contributed by atoms with Crippen molar-refractivity contribution in [3.63, 3.8) is 0 Å². The van der Waals surface area contributed by atoms with Crippen LogP contribution in [0.3, 0.4) is 0 Å². The fraction of sp³-hybridized carbons (Fsp3) is 0.400. The summed E-state index contributed by atoms with van der Waals surface area (Å²) in [5, 5.41) is -1.61. The van der Waals surface area contributed by atoms with Crippen molar-refractivity contribution in [2.24, 2.45) is 5.73 Å². The first-order chi connectivity index (χ1) is 8.03. The van der Waals surface area contributed by atoms with Crippen LogP contribution in [0.4, 0.5) is 8.78 Å². The normalized spacial score (nSPS) is 20.4. The summed E-state index contributed by atoms with van der Waals surface area (Å²) >= 11 is 0. The van der Waals surface area contributed by atoms with Crippen LogP contribution in [0, 0.1) is 0 Å². The van der Waals surface area contributed by atoms with E-state index < -0.39 is 16.9 Å². The Bertz CT molecular complexity index is 489. The summed E-state index contributed by atoms with van der Waals surface area (Å²) in [6.07, 6.45) is -3.69. The van der Waals surface area contributed by atoms with E-state index >= 15 is 0 Å². The first-order valence-electron chi connectivity index (χ1n) is 5.09.